The van der Waals surface area contributed by atoms with Crippen LogP contribution < -0.4 is 0 Å². The molecule has 0 N–H and O–H groups in total. The van der Waals surface area contributed by atoms with Gasteiger partial charge in [0.05, 0.1) is 0 Å². The number of hydrogen-bond donors (Lipinski definition) is 0. The molecule has 0 spiro atoms. The largest absolute Gasteiger partial charge is 0.0586 e. The summed E-state index contributed by atoms with van der Waals surface area (Å²) in [5.41, 5.74) is 5.45. The second kappa shape index (κ2) is 5.75. The molecule has 4 saturated carbocycles. The maximum Gasteiger partial charge on any atom is 0.0199 e. The van der Waals surface area contributed by atoms with Crippen molar-refractivity contribution in [2.75, 3.05) is 0 Å². The van der Waals surface area contributed by atoms with Gasteiger partial charge in [0.2, 0.25) is 0 Å². The topological polar surface area (TPSA) is 0 Å². The fourth-order valence-electron chi connectivity index (χ4n) is 6.28. The SMILES string of the molecule is CC(C)c1cc(C23CC4CC(CC(C4)C2)C3)cc(C(C)C)c1I. The van der Waals surface area contributed by atoms with Crippen LogP contribution in [0.3, 0.4) is 0 Å². The number of rotatable bonds is 3. The molecule has 126 valence electrons. The maximum atomic E-state index is 2.62. The van der Waals surface area contributed by atoms with Gasteiger partial charge in [0.1, 0.15) is 0 Å². The summed E-state index contributed by atoms with van der Waals surface area (Å²) in [7, 11) is 0. The summed E-state index contributed by atoms with van der Waals surface area (Å²) in [6.45, 7) is 9.46. The minimum Gasteiger partial charge on any atom is -0.0586 e. The molecule has 0 unspecified atom stereocenters. The second-order valence-corrected chi connectivity index (χ2v) is 10.6. The van der Waals surface area contributed by atoms with E-state index in [4.69, 9.17) is 0 Å². The number of benzene rings is 1. The molecular formula is C22H31I. The predicted octanol–water partition coefficient (Wildman–Crippen LogP) is 7.01. The van der Waals surface area contributed by atoms with E-state index in [1.54, 1.807) is 16.7 Å². The molecule has 4 aliphatic rings. The lowest BCUT2D eigenvalue weighted by atomic mass is 9.48. The van der Waals surface area contributed by atoms with Gasteiger partial charge >= 0.3 is 0 Å². The minimum absolute atomic E-state index is 0.534. The van der Waals surface area contributed by atoms with E-state index in [1.807, 2.05) is 0 Å². The molecule has 23 heavy (non-hydrogen) atoms. The molecule has 4 bridgehead atoms. The van der Waals surface area contributed by atoms with Crippen LogP contribution in [0.5, 0.6) is 0 Å². The van der Waals surface area contributed by atoms with Crippen LogP contribution in [0.25, 0.3) is 0 Å². The van der Waals surface area contributed by atoms with Crippen molar-refractivity contribution in [1.82, 2.24) is 0 Å². The monoisotopic (exact) mass is 422 g/mol. The average molecular weight is 422 g/mol. The van der Waals surface area contributed by atoms with Crippen LogP contribution in [-0.4, -0.2) is 0 Å². The van der Waals surface area contributed by atoms with Gasteiger partial charge in [-0.2, -0.15) is 0 Å². The van der Waals surface area contributed by atoms with Crippen molar-refractivity contribution < 1.29 is 0 Å². The van der Waals surface area contributed by atoms with Crippen molar-refractivity contribution >= 4 is 22.6 Å². The first-order valence-corrected chi connectivity index (χ1v) is 10.8. The van der Waals surface area contributed by atoms with Gasteiger partial charge in [0.15, 0.2) is 0 Å². The molecule has 0 radical (unpaired) electrons. The molecule has 0 aromatic heterocycles. The Hall–Kier alpha value is -0.0500. The smallest absolute Gasteiger partial charge is 0.0199 e. The highest BCUT2D eigenvalue weighted by atomic mass is 127. The minimum atomic E-state index is 0.534. The van der Waals surface area contributed by atoms with E-state index in [9.17, 15) is 0 Å². The summed E-state index contributed by atoms with van der Waals surface area (Å²) in [6.07, 6.45) is 9.06. The zero-order valence-electron chi connectivity index (χ0n) is 15.2. The summed E-state index contributed by atoms with van der Waals surface area (Å²) in [5.74, 6) is 4.36. The molecular weight excluding hydrogens is 391 g/mol. The maximum absolute atomic E-state index is 2.62. The van der Waals surface area contributed by atoms with Gasteiger partial charge in [0, 0.05) is 3.57 Å². The number of halogens is 1. The van der Waals surface area contributed by atoms with Gasteiger partial charge in [-0.15, -0.1) is 0 Å². The molecule has 0 amide bonds. The van der Waals surface area contributed by atoms with E-state index >= 15 is 0 Å². The summed E-state index contributed by atoms with van der Waals surface area (Å²) in [6, 6.07) is 5.23. The van der Waals surface area contributed by atoms with E-state index in [-0.39, 0.29) is 0 Å². The highest BCUT2D eigenvalue weighted by molar-refractivity contribution is 14.1. The Balaban J connectivity index is 1.82. The first kappa shape index (κ1) is 16.4. The summed E-state index contributed by atoms with van der Waals surface area (Å²) in [4.78, 5) is 0. The van der Waals surface area contributed by atoms with Crippen LogP contribution in [0.4, 0.5) is 0 Å². The molecule has 1 heteroatoms. The highest BCUT2D eigenvalue weighted by Gasteiger charge is 2.51. The molecule has 0 saturated heterocycles. The van der Waals surface area contributed by atoms with Gasteiger partial charge in [-0.05, 0) is 113 Å². The first-order chi connectivity index (χ1) is 10.9. The number of hydrogen-bond acceptors (Lipinski definition) is 0. The lowest BCUT2D eigenvalue weighted by Crippen LogP contribution is -2.48. The third kappa shape index (κ3) is 2.69. The highest BCUT2D eigenvalue weighted by Crippen LogP contribution is 2.61. The second-order valence-electron chi connectivity index (χ2n) is 9.48. The Labute approximate surface area is 156 Å². The van der Waals surface area contributed by atoms with Crippen molar-refractivity contribution in [3.8, 4) is 0 Å². The Morgan fingerprint density at radius 3 is 1.57 bits per heavy atom. The van der Waals surface area contributed by atoms with Crippen molar-refractivity contribution in [3.05, 3.63) is 32.4 Å². The van der Waals surface area contributed by atoms with Gasteiger partial charge in [0.25, 0.3) is 0 Å². The molecule has 0 atom stereocenters. The van der Waals surface area contributed by atoms with Crippen LogP contribution in [0.1, 0.15) is 94.7 Å². The van der Waals surface area contributed by atoms with E-state index in [0.29, 0.717) is 17.3 Å². The molecule has 0 aliphatic heterocycles. The zero-order valence-corrected chi connectivity index (χ0v) is 17.3. The predicted molar refractivity (Wildman–Crippen MR) is 107 cm³/mol. The molecule has 4 aliphatic carbocycles. The quantitative estimate of drug-likeness (QED) is 0.460. The Morgan fingerprint density at radius 1 is 0.826 bits per heavy atom. The summed E-state index contributed by atoms with van der Waals surface area (Å²) < 4.78 is 1.53. The fraction of sp³-hybridized carbons (Fsp3) is 0.727. The molecule has 0 heterocycles. The van der Waals surface area contributed by atoms with Crippen LogP contribution in [-0.2, 0) is 5.41 Å². The standard InChI is InChI=1S/C22H31I/c1-13(2)19-8-18(9-20(14(3)4)21(19)23)22-10-15-5-16(11-22)7-17(6-15)12-22/h8-9,13-17H,5-7,10-12H2,1-4H3. The third-order valence-electron chi connectivity index (χ3n) is 7.02. The van der Waals surface area contributed by atoms with Gasteiger partial charge in [-0.25, -0.2) is 0 Å². The van der Waals surface area contributed by atoms with Crippen molar-refractivity contribution in [2.24, 2.45) is 17.8 Å². The fourth-order valence-corrected chi connectivity index (χ4v) is 7.84. The summed E-state index contributed by atoms with van der Waals surface area (Å²) in [5, 5.41) is 0. The van der Waals surface area contributed by atoms with E-state index in [1.165, 1.54) is 42.1 Å². The summed E-state index contributed by atoms with van der Waals surface area (Å²) >= 11 is 2.61. The zero-order chi connectivity index (χ0) is 16.4. The van der Waals surface area contributed by atoms with E-state index in [2.05, 4.69) is 62.4 Å². The lowest BCUT2D eigenvalue weighted by molar-refractivity contribution is -0.00527. The van der Waals surface area contributed by atoms with Crippen LogP contribution >= 0.6 is 22.6 Å². The van der Waals surface area contributed by atoms with Crippen LogP contribution in [0, 0.1) is 21.3 Å². The molecule has 4 fully saturated rings. The lowest BCUT2D eigenvalue weighted by Gasteiger charge is -2.57. The first-order valence-electron chi connectivity index (χ1n) is 9.72. The normalized spacial score (nSPS) is 35.5. The molecule has 0 nitrogen and oxygen atoms in total. The van der Waals surface area contributed by atoms with Gasteiger partial charge in [-0.3, -0.25) is 0 Å². The average Bonchev–Trinajstić information content (AvgIpc) is 2.45. The van der Waals surface area contributed by atoms with Crippen molar-refractivity contribution in [3.63, 3.8) is 0 Å². The van der Waals surface area contributed by atoms with Crippen molar-refractivity contribution in [1.29, 1.82) is 0 Å². The van der Waals surface area contributed by atoms with Gasteiger partial charge in [-0.1, -0.05) is 39.8 Å². The Bertz CT molecular complexity index is 546. The van der Waals surface area contributed by atoms with E-state index < -0.39 is 0 Å². The van der Waals surface area contributed by atoms with Crippen molar-refractivity contribution in [2.45, 2.75) is 83.5 Å². The van der Waals surface area contributed by atoms with Crippen LogP contribution in [0.15, 0.2) is 12.1 Å². The third-order valence-corrected chi connectivity index (χ3v) is 8.27. The van der Waals surface area contributed by atoms with E-state index in [0.717, 1.165) is 17.8 Å². The van der Waals surface area contributed by atoms with Crippen LogP contribution in [0.2, 0.25) is 0 Å². The Morgan fingerprint density at radius 2 is 1.22 bits per heavy atom. The Kier molecular flexibility index (Phi) is 4.10. The molecule has 5 rings (SSSR count). The molecule has 1 aromatic rings. The van der Waals surface area contributed by atoms with Gasteiger partial charge < -0.3 is 0 Å². The molecule has 1 aromatic carbocycles.